The maximum Gasteiger partial charge on any atom is 0.251 e. The van der Waals surface area contributed by atoms with Crippen molar-refractivity contribution in [1.82, 2.24) is 4.90 Å². The van der Waals surface area contributed by atoms with Gasteiger partial charge in [0.1, 0.15) is 6.10 Å². The highest BCUT2D eigenvalue weighted by molar-refractivity contribution is 5.81. The van der Waals surface area contributed by atoms with Crippen LogP contribution in [0.4, 0.5) is 0 Å². The van der Waals surface area contributed by atoms with E-state index < -0.39 is 0 Å². The number of nitrogens with zero attached hydrogens (tertiary/aromatic N) is 1. The van der Waals surface area contributed by atoms with Crippen LogP contribution in [0, 0.1) is 11.8 Å². The monoisotopic (exact) mass is 240 g/mol. The Morgan fingerprint density at radius 1 is 1.47 bits per heavy atom. The number of likely N-dealkylation sites (tertiary alicyclic amines) is 1. The van der Waals surface area contributed by atoms with Gasteiger partial charge in [-0.25, -0.2) is 0 Å². The van der Waals surface area contributed by atoms with E-state index in [1.807, 2.05) is 11.8 Å². The minimum Gasteiger partial charge on any atom is -0.368 e. The summed E-state index contributed by atoms with van der Waals surface area (Å²) in [7, 11) is 0. The Morgan fingerprint density at radius 2 is 2.24 bits per heavy atom. The Labute approximate surface area is 103 Å². The van der Waals surface area contributed by atoms with Crippen LogP contribution in [0.2, 0.25) is 0 Å². The fraction of sp³-hybridized carbons (Fsp3) is 0.923. The molecule has 1 amide bonds. The highest BCUT2D eigenvalue weighted by Crippen LogP contribution is 2.25. The zero-order chi connectivity index (χ0) is 12.4. The van der Waals surface area contributed by atoms with Gasteiger partial charge in [0.15, 0.2) is 0 Å². The van der Waals surface area contributed by atoms with Gasteiger partial charge in [0, 0.05) is 25.7 Å². The van der Waals surface area contributed by atoms with Gasteiger partial charge >= 0.3 is 0 Å². The van der Waals surface area contributed by atoms with Crippen molar-refractivity contribution in [2.45, 2.75) is 45.3 Å². The third-order valence-corrected chi connectivity index (χ3v) is 4.14. The normalized spacial score (nSPS) is 35.9. The molecule has 0 aromatic heterocycles. The molecule has 2 aliphatic rings. The van der Waals surface area contributed by atoms with E-state index >= 15 is 0 Å². The molecular formula is C13H24N2O2. The Hall–Kier alpha value is -0.610. The molecule has 98 valence electrons. The average molecular weight is 240 g/mol. The molecule has 0 aromatic carbocycles. The van der Waals surface area contributed by atoms with Crippen LogP contribution in [0.15, 0.2) is 0 Å². The molecule has 4 unspecified atom stereocenters. The molecule has 0 saturated carbocycles. The molecule has 4 heteroatoms. The zero-order valence-corrected chi connectivity index (χ0v) is 10.9. The van der Waals surface area contributed by atoms with Crippen molar-refractivity contribution in [2.75, 3.05) is 19.7 Å². The number of piperidine rings is 1. The van der Waals surface area contributed by atoms with Gasteiger partial charge in [-0.2, -0.15) is 0 Å². The first kappa shape index (κ1) is 12.8. The summed E-state index contributed by atoms with van der Waals surface area (Å²) >= 11 is 0. The standard InChI is InChI=1S/C13H24N2O2/c1-9-5-7-17-12(9)13(16)15-6-3-4-11(8-15)10(2)14/h9-12H,3-8,14H2,1-2H3. The first-order valence-electron chi connectivity index (χ1n) is 6.75. The highest BCUT2D eigenvalue weighted by atomic mass is 16.5. The predicted molar refractivity (Wildman–Crippen MR) is 66.5 cm³/mol. The molecule has 2 fully saturated rings. The highest BCUT2D eigenvalue weighted by Gasteiger charge is 2.36. The minimum atomic E-state index is -0.207. The van der Waals surface area contributed by atoms with Gasteiger partial charge in [-0.05, 0) is 38.0 Å². The second-order valence-corrected chi connectivity index (χ2v) is 5.60. The van der Waals surface area contributed by atoms with E-state index in [4.69, 9.17) is 10.5 Å². The lowest BCUT2D eigenvalue weighted by Gasteiger charge is -2.36. The second kappa shape index (κ2) is 5.36. The molecule has 0 radical (unpaired) electrons. The molecule has 2 heterocycles. The molecule has 0 spiro atoms. The first-order valence-corrected chi connectivity index (χ1v) is 6.75. The molecule has 2 saturated heterocycles. The molecule has 2 N–H and O–H groups in total. The van der Waals surface area contributed by atoms with Crippen LogP contribution >= 0.6 is 0 Å². The number of carbonyl (C=O) groups is 1. The SMILES string of the molecule is CC(N)C1CCCN(C(=O)C2OCCC2C)C1. The van der Waals surface area contributed by atoms with Gasteiger partial charge in [-0.15, -0.1) is 0 Å². The summed E-state index contributed by atoms with van der Waals surface area (Å²) in [4.78, 5) is 14.3. The minimum absolute atomic E-state index is 0.174. The van der Waals surface area contributed by atoms with Crippen LogP contribution in [0.3, 0.4) is 0 Å². The van der Waals surface area contributed by atoms with Crippen LogP contribution in [-0.2, 0) is 9.53 Å². The maximum atomic E-state index is 12.3. The molecular weight excluding hydrogens is 216 g/mol. The van der Waals surface area contributed by atoms with Gasteiger partial charge in [-0.1, -0.05) is 6.92 Å². The molecule has 2 rings (SSSR count). The summed E-state index contributed by atoms with van der Waals surface area (Å²) in [5, 5.41) is 0. The predicted octanol–water partition coefficient (Wildman–Crippen LogP) is 0.997. The summed E-state index contributed by atoms with van der Waals surface area (Å²) in [6.45, 7) is 6.54. The van der Waals surface area contributed by atoms with Crippen molar-refractivity contribution in [3.05, 3.63) is 0 Å². The lowest BCUT2D eigenvalue weighted by molar-refractivity contribution is -0.144. The molecule has 2 aliphatic heterocycles. The number of carbonyl (C=O) groups excluding carboxylic acids is 1. The summed E-state index contributed by atoms with van der Waals surface area (Å²) in [5.41, 5.74) is 5.94. The Balaban J connectivity index is 1.94. The van der Waals surface area contributed by atoms with Crippen molar-refractivity contribution >= 4 is 5.91 Å². The number of rotatable bonds is 2. The lowest BCUT2D eigenvalue weighted by Crippen LogP contribution is -2.49. The largest absolute Gasteiger partial charge is 0.368 e. The van der Waals surface area contributed by atoms with Crippen molar-refractivity contribution < 1.29 is 9.53 Å². The van der Waals surface area contributed by atoms with E-state index in [0.717, 1.165) is 39.0 Å². The molecule has 0 aromatic rings. The average Bonchev–Trinajstić information content (AvgIpc) is 2.74. The Bertz CT molecular complexity index is 281. The second-order valence-electron chi connectivity index (χ2n) is 5.60. The van der Waals surface area contributed by atoms with E-state index in [1.165, 1.54) is 0 Å². The van der Waals surface area contributed by atoms with E-state index in [-0.39, 0.29) is 18.1 Å². The number of nitrogens with two attached hydrogens (primary N) is 1. The molecule has 4 nitrogen and oxygen atoms in total. The Morgan fingerprint density at radius 3 is 2.82 bits per heavy atom. The van der Waals surface area contributed by atoms with E-state index in [1.54, 1.807) is 0 Å². The topological polar surface area (TPSA) is 55.6 Å². The summed E-state index contributed by atoms with van der Waals surface area (Å²) < 4.78 is 5.55. The Kier molecular flexibility index (Phi) is 4.05. The van der Waals surface area contributed by atoms with E-state index in [0.29, 0.717) is 11.8 Å². The van der Waals surface area contributed by atoms with Gasteiger partial charge in [0.2, 0.25) is 0 Å². The third kappa shape index (κ3) is 2.80. The van der Waals surface area contributed by atoms with E-state index in [2.05, 4.69) is 6.92 Å². The van der Waals surface area contributed by atoms with Crippen molar-refractivity contribution in [1.29, 1.82) is 0 Å². The van der Waals surface area contributed by atoms with Crippen LogP contribution < -0.4 is 5.73 Å². The number of amides is 1. The van der Waals surface area contributed by atoms with Crippen molar-refractivity contribution in [3.63, 3.8) is 0 Å². The number of hydrogen-bond donors (Lipinski definition) is 1. The van der Waals surface area contributed by atoms with E-state index in [9.17, 15) is 4.79 Å². The number of hydrogen-bond acceptors (Lipinski definition) is 3. The van der Waals surface area contributed by atoms with Gasteiger partial charge < -0.3 is 15.4 Å². The fourth-order valence-electron chi connectivity index (χ4n) is 2.83. The molecule has 0 bridgehead atoms. The fourth-order valence-corrected chi connectivity index (χ4v) is 2.83. The summed E-state index contributed by atoms with van der Waals surface area (Å²) in [6, 6.07) is 0.174. The van der Waals surface area contributed by atoms with Gasteiger partial charge in [0.05, 0.1) is 0 Å². The first-order chi connectivity index (χ1) is 8.09. The van der Waals surface area contributed by atoms with Crippen LogP contribution in [-0.4, -0.2) is 42.6 Å². The zero-order valence-electron chi connectivity index (χ0n) is 10.9. The summed E-state index contributed by atoms with van der Waals surface area (Å²) in [5.74, 6) is 0.989. The van der Waals surface area contributed by atoms with Crippen LogP contribution in [0.5, 0.6) is 0 Å². The maximum absolute atomic E-state index is 12.3. The lowest BCUT2D eigenvalue weighted by atomic mass is 9.91. The molecule has 0 aliphatic carbocycles. The summed E-state index contributed by atoms with van der Waals surface area (Å²) in [6.07, 6.45) is 3.00. The molecule has 17 heavy (non-hydrogen) atoms. The molecule has 4 atom stereocenters. The van der Waals surface area contributed by atoms with Crippen LogP contribution in [0.1, 0.15) is 33.1 Å². The quantitative estimate of drug-likeness (QED) is 0.783. The number of ether oxygens (including phenoxy) is 1. The van der Waals surface area contributed by atoms with Crippen molar-refractivity contribution in [3.8, 4) is 0 Å². The van der Waals surface area contributed by atoms with Crippen LogP contribution in [0.25, 0.3) is 0 Å². The van der Waals surface area contributed by atoms with Gasteiger partial charge in [-0.3, -0.25) is 4.79 Å². The van der Waals surface area contributed by atoms with Gasteiger partial charge in [0.25, 0.3) is 5.91 Å². The smallest absolute Gasteiger partial charge is 0.251 e. The third-order valence-electron chi connectivity index (χ3n) is 4.14. The van der Waals surface area contributed by atoms with Crippen molar-refractivity contribution in [2.24, 2.45) is 17.6 Å².